The molecule has 0 aliphatic rings. The molecule has 0 radical (unpaired) electrons. The van der Waals surface area contributed by atoms with E-state index in [1.807, 2.05) is 30.3 Å². The maximum Gasteiger partial charge on any atom is 0.417 e. The first-order chi connectivity index (χ1) is 11.0. The van der Waals surface area contributed by atoms with E-state index < -0.39 is 11.7 Å². The van der Waals surface area contributed by atoms with Gasteiger partial charge in [-0.2, -0.15) is 18.3 Å². The fourth-order valence-corrected chi connectivity index (χ4v) is 1.64. The summed E-state index contributed by atoms with van der Waals surface area (Å²) in [6, 6.07) is 9.59. The summed E-state index contributed by atoms with van der Waals surface area (Å²) in [5.74, 6) is 0.998. The summed E-state index contributed by atoms with van der Waals surface area (Å²) in [6.07, 6.45) is 1.36. The van der Waals surface area contributed by atoms with E-state index in [0.717, 1.165) is 23.6 Å². The maximum atomic E-state index is 12.4. The fraction of sp³-hybridized carbons (Fsp3) is 0.125. The van der Waals surface area contributed by atoms with E-state index in [-0.39, 0.29) is 5.82 Å². The molecule has 1 aromatic carbocycles. The number of hydrogen-bond acceptors (Lipinski definition) is 4. The van der Waals surface area contributed by atoms with E-state index in [9.17, 15) is 13.2 Å². The largest absolute Gasteiger partial charge is 0.497 e. The Hall–Kier alpha value is -2.83. The van der Waals surface area contributed by atoms with Crippen molar-refractivity contribution in [1.29, 1.82) is 0 Å². The van der Waals surface area contributed by atoms with Crippen molar-refractivity contribution in [3.05, 3.63) is 59.8 Å². The molecule has 0 unspecified atom stereocenters. The molecule has 23 heavy (non-hydrogen) atoms. The zero-order valence-electron chi connectivity index (χ0n) is 12.2. The van der Waals surface area contributed by atoms with Crippen LogP contribution in [0.5, 0.6) is 5.75 Å². The molecule has 0 spiro atoms. The number of benzene rings is 1. The first-order valence-electron chi connectivity index (χ1n) is 6.62. The number of rotatable bonds is 5. The number of alkyl halides is 3. The van der Waals surface area contributed by atoms with Gasteiger partial charge in [0.25, 0.3) is 0 Å². The van der Waals surface area contributed by atoms with Crippen LogP contribution in [0, 0.1) is 0 Å². The van der Waals surface area contributed by atoms with Gasteiger partial charge in [-0.1, -0.05) is 18.2 Å². The Bertz CT molecular complexity index is 677. The minimum atomic E-state index is -4.39. The Morgan fingerprint density at radius 3 is 2.43 bits per heavy atom. The Balaban J connectivity index is 1.87. The van der Waals surface area contributed by atoms with E-state index in [2.05, 4.69) is 15.5 Å². The highest BCUT2D eigenvalue weighted by Crippen LogP contribution is 2.28. The van der Waals surface area contributed by atoms with Crippen LogP contribution in [0.2, 0.25) is 0 Å². The predicted molar refractivity (Wildman–Crippen MR) is 83.4 cm³/mol. The summed E-state index contributed by atoms with van der Waals surface area (Å²) in [6.45, 7) is 0. The van der Waals surface area contributed by atoms with Crippen molar-refractivity contribution in [3.8, 4) is 5.75 Å². The number of anilines is 1. The average Bonchev–Trinajstić information content (AvgIpc) is 2.55. The molecule has 120 valence electrons. The number of hydrogen-bond donors (Lipinski definition) is 1. The first-order valence-corrected chi connectivity index (χ1v) is 6.62. The highest BCUT2D eigenvalue weighted by Gasteiger charge is 2.30. The van der Waals surface area contributed by atoms with Crippen LogP contribution in [-0.2, 0) is 6.18 Å². The van der Waals surface area contributed by atoms with Crippen molar-refractivity contribution in [1.82, 2.24) is 4.98 Å². The minimum absolute atomic E-state index is 0.229. The zero-order valence-corrected chi connectivity index (χ0v) is 12.2. The molecule has 0 aliphatic heterocycles. The summed E-state index contributed by atoms with van der Waals surface area (Å²) in [4.78, 5) is 3.64. The number of ether oxygens (including phenoxy) is 1. The lowest BCUT2D eigenvalue weighted by Gasteiger charge is -2.06. The number of nitrogens with zero attached hydrogens (tertiary/aromatic N) is 2. The van der Waals surface area contributed by atoms with Gasteiger partial charge in [-0.25, -0.2) is 4.98 Å². The number of hydrazone groups is 1. The van der Waals surface area contributed by atoms with Crippen molar-refractivity contribution in [2.45, 2.75) is 6.18 Å². The van der Waals surface area contributed by atoms with Gasteiger partial charge in [0, 0.05) is 12.4 Å². The third kappa shape index (κ3) is 5.14. The van der Waals surface area contributed by atoms with Crippen LogP contribution in [0.4, 0.5) is 19.0 Å². The number of pyridine rings is 1. The fourth-order valence-electron chi connectivity index (χ4n) is 1.64. The molecule has 0 saturated heterocycles. The van der Waals surface area contributed by atoms with Gasteiger partial charge in [-0.05, 0) is 35.9 Å². The van der Waals surface area contributed by atoms with Gasteiger partial charge in [-0.3, -0.25) is 5.43 Å². The summed E-state index contributed by atoms with van der Waals surface area (Å²) in [5, 5.41) is 3.85. The molecule has 7 heteroatoms. The minimum Gasteiger partial charge on any atom is -0.497 e. The van der Waals surface area contributed by atoms with Gasteiger partial charge in [0.1, 0.15) is 11.6 Å². The van der Waals surface area contributed by atoms with Crippen molar-refractivity contribution >= 4 is 18.1 Å². The van der Waals surface area contributed by atoms with Crippen molar-refractivity contribution in [2.75, 3.05) is 12.5 Å². The Morgan fingerprint density at radius 2 is 1.87 bits per heavy atom. The number of nitrogens with one attached hydrogen (secondary N) is 1. The van der Waals surface area contributed by atoms with Gasteiger partial charge in [0.2, 0.25) is 0 Å². The van der Waals surface area contributed by atoms with E-state index in [0.29, 0.717) is 0 Å². The molecular formula is C16H14F3N3O. The van der Waals surface area contributed by atoms with Crippen molar-refractivity contribution < 1.29 is 17.9 Å². The van der Waals surface area contributed by atoms with E-state index in [1.54, 1.807) is 13.2 Å². The molecule has 0 saturated carbocycles. The Morgan fingerprint density at radius 1 is 1.13 bits per heavy atom. The molecule has 0 amide bonds. The number of aromatic nitrogens is 1. The zero-order chi connectivity index (χ0) is 16.7. The summed E-state index contributed by atoms with van der Waals surface area (Å²) in [7, 11) is 1.60. The summed E-state index contributed by atoms with van der Waals surface area (Å²) < 4.78 is 42.2. The smallest absolute Gasteiger partial charge is 0.417 e. The number of methoxy groups -OCH3 is 1. The number of halogens is 3. The molecule has 0 bridgehead atoms. The molecule has 2 aromatic rings. The van der Waals surface area contributed by atoms with Crippen molar-refractivity contribution in [2.24, 2.45) is 5.10 Å². The molecular weight excluding hydrogens is 307 g/mol. The van der Waals surface area contributed by atoms with E-state index in [1.165, 1.54) is 12.3 Å². The quantitative estimate of drug-likeness (QED) is 0.662. The normalized spacial score (nSPS) is 12.0. The average molecular weight is 321 g/mol. The molecule has 4 nitrogen and oxygen atoms in total. The van der Waals surface area contributed by atoms with Gasteiger partial charge in [-0.15, -0.1) is 0 Å². The lowest BCUT2D eigenvalue weighted by molar-refractivity contribution is -0.137. The molecule has 2 rings (SSSR count). The van der Waals surface area contributed by atoms with Gasteiger partial charge in [0.05, 0.1) is 12.7 Å². The second kappa shape index (κ2) is 7.44. The second-order valence-electron chi connectivity index (χ2n) is 4.45. The first kappa shape index (κ1) is 16.5. The van der Waals surface area contributed by atoms with E-state index >= 15 is 0 Å². The monoisotopic (exact) mass is 321 g/mol. The highest BCUT2D eigenvalue weighted by atomic mass is 19.4. The number of allylic oxidation sites excluding steroid dienone is 1. The predicted octanol–water partition coefficient (Wildman–Crippen LogP) is 4.22. The molecule has 1 N–H and O–H groups in total. The van der Waals surface area contributed by atoms with Crippen LogP contribution in [0.3, 0.4) is 0 Å². The van der Waals surface area contributed by atoms with Crippen LogP contribution in [0.1, 0.15) is 11.1 Å². The third-order valence-electron chi connectivity index (χ3n) is 2.83. The Kier molecular flexibility index (Phi) is 5.35. The molecule has 1 aromatic heterocycles. The second-order valence-corrected chi connectivity index (χ2v) is 4.45. The van der Waals surface area contributed by atoms with E-state index in [4.69, 9.17) is 4.74 Å². The topological polar surface area (TPSA) is 46.5 Å². The van der Waals surface area contributed by atoms with Gasteiger partial charge >= 0.3 is 6.18 Å². The highest BCUT2D eigenvalue weighted by molar-refractivity contribution is 5.78. The van der Waals surface area contributed by atoms with Crippen LogP contribution in [0.25, 0.3) is 6.08 Å². The lowest BCUT2D eigenvalue weighted by Crippen LogP contribution is -2.05. The molecule has 0 atom stereocenters. The van der Waals surface area contributed by atoms with Crippen molar-refractivity contribution in [3.63, 3.8) is 0 Å². The lowest BCUT2D eigenvalue weighted by atomic mass is 10.2. The van der Waals surface area contributed by atoms with Gasteiger partial charge < -0.3 is 4.74 Å². The van der Waals surface area contributed by atoms with Crippen LogP contribution in [-0.4, -0.2) is 18.3 Å². The molecule has 0 aliphatic carbocycles. The third-order valence-corrected chi connectivity index (χ3v) is 2.83. The Labute approximate surface area is 131 Å². The van der Waals surface area contributed by atoms with Crippen LogP contribution >= 0.6 is 0 Å². The van der Waals surface area contributed by atoms with Gasteiger partial charge in [0.15, 0.2) is 0 Å². The molecule has 0 fully saturated rings. The standard InChI is InChI=1S/C16H14F3N3O/c1-23-14-7-4-12(5-8-14)3-2-10-21-22-15-9-6-13(11-20-15)16(17,18)19/h2-11H,1H3,(H,20,22)/b3-2+,21-10-. The molecule has 1 heterocycles. The summed E-state index contributed by atoms with van der Waals surface area (Å²) >= 11 is 0. The SMILES string of the molecule is COc1ccc(/C=C/C=N\Nc2ccc(C(F)(F)F)cn2)cc1. The maximum absolute atomic E-state index is 12.4. The van der Waals surface area contributed by atoms with Crippen LogP contribution < -0.4 is 10.2 Å². The summed E-state index contributed by atoms with van der Waals surface area (Å²) in [5.41, 5.74) is 2.71. The van der Waals surface area contributed by atoms with Crippen LogP contribution in [0.15, 0.2) is 53.8 Å².